The van der Waals surface area contributed by atoms with Gasteiger partial charge in [0, 0.05) is 38.5 Å². The summed E-state index contributed by atoms with van der Waals surface area (Å²) in [7, 11) is 0. The van der Waals surface area contributed by atoms with Gasteiger partial charge in [-0.3, -0.25) is 4.79 Å². The second-order valence-corrected chi connectivity index (χ2v) is 2.95. The molecular formula is C7H14Cl2N2O. The molecule has 0 saturated carbocycles. The van der Waals surface area contributed by atoms with Gasteiger partial charge in [0.15, 0.2) is 0 Å². The zero-order chi connectivity index (χ0) is 8.10. The Bertz CT molecular complexity index is 137. The topological polar surface area (TPSA) is 32.3 Å². The third-order valence-electron chi connectivity index (χ3n) is 1.78. The van der Waals surface area contributed by atoms with E-state index in [2.05, 4.69) is 5.32 Å². The van der Waals surface area contributed by atoms with E-state index >= 15 is 0 Å². The zero-order valence-corrected chi connectivity index (χ0v) is 8.46. The van der Waals surface area contributed by atoms with Crippen LogP contribution in [0.5, 0.6) is 0 Å². The molecule has 1 aliphatic heterocycles. The molecule has 1 N–H and O–H groups in total. The molecule has 1 rings (SSSR count). The molecule has 0 radical (unpaired) electrons. The van der Waals surface area contributed by atoms with Gasteiger partial charge in [-0.25, -0.2) is 0 Å². The molecule has 1 fully saturated rings. The van der Waals surface area contributed by atoms with Crippen molar-refractivity contribution >= 4 is 29.9 Å². The van der Waals surface area contributed by atoms with Crippen LogP contribution in [-0.4, -0.2) is 42.9 Å². The number of nitrogens with zero attached hydrogens (tertiary/aromatic N) is 1. The van der Waals surface area contributed by atoms with Gasteiger partial charge in [-0.2, -0.15) is 0 Å². The minimum Gasteiger partial charge on any atom is -0.340 e. The Balaban J connectivity index is 0.00000121. The van der Waals surface area contributed by atoms with Crippen LogP contribution in [0.1, 0.15) is 6.42 Å². The fraction of sp³-hybridized carbons (Fsp3) is 0.857. The number of hydrogen-bond donors (Lipinski definition) is 1. The minimum absolute atomic E-state index is 0. The van der Waals surface area contributed by atoms with E-state index < -0.39 is 0 Å². The van der Waals surface area contributed by atoms with Gasteiger partial charge < -0.3 is 10.2 Å². The van der Waals surface area contributed by atoms with Crippen molar-refractivity contribution in [2.24, 2.45) is 0 Å². The molecule has 1 aliphatic rings. The van der Waals surface area contributed by atoms with E-state index in [1.807, 2.05) is 4.90 Å². The van der Waals surface area contributed by atoms with Crippen LogP contribution in [0, 0.1) is 0 Å². The molecule has 0 aliphatic carbocycles. The van der Waals surface area contributed by atoms with Crippen LogP contribution < -0.4 is 5.32 Å². The number of carbonyl (C=O) groups excluding carboxylic acids is 1. The summed E-state index contributed by atoms with van der Waals surface area (Å²) >= 11 is 5.45. The highest BCUT2D eigenvalue weighted by Crippen LogP contribution is 1.97. The van der Waals surface area contributed by atoms with Crippen LogP contribution in [0.4, 0.5) is 0 Å². The summed E-state index contributed by atoms with van der Waals surface area (Å²) in [5.41, 5.74) is 0. The highest BCUT2D eigenvalue weighted by molar-refractivity contribution is 6.18. The van der Waals surface area contributed by atoms with E-state index in [1.165, 1.54) is 0 Å². The second-order valence-electron chi connectivity index (χ2n) is 2.57. The predicted molar refractivity (Wildman–Crippen MR) is 52.0 cm³/mol. The van der Waals surface area contributed by atoms with Gasteiger partial charge in [0.05, 0.1) is 0 Å². The molecule has 1 amide bonds. The van der Waals surface area contributed by atoms with Crippen molar-refractivity contribution in [2.75, 3.05) is 32.1 Å². The fourth-order valence-corrected chi connectivity index (χ4v) is 1.31. The number of amides is 1. The van der Waals surface area contributed by atoms with E-state index in [-0.39, 0.29) is 18.3 Å². The Morgan fingerprint density at radius 3 is 2.50 bits per heavy atom. The predicted octanol–water partition coefficient (Wildman–Crippen LogP) is 0.469. The van der Waals surface area contributed by atoms with E-state index in [9.17, 15) is 4.79 Å². The molecular weight excluding hydrogens is 199 g/mol. The lowest BCUT2D eigenvalue weighted by atomic mass is 10.3. The minimum atomic E-state index is 0. The number of alkyl halides is 1. The Kier molecular flexibility index (Phi) is 6.52. The van der Waals surface area contributed by atoms with E-state index in [4.69, 9.17) is 11.6 Å². The molecule has 0 aromatic rings. The number of piperazine rings is 1. The maximum Gasteiger partial charge on any atom is 0.223 e. The van der Waals surface area contributed by atoms with Crippen molar-refractivity contribution in [3.8, 4) is 0 Å². The molecule has 0 bridgehead atoms. The molecule has 1 saturated heterocycles. The first kappa shape index (κ1) is 12.0. The first-order chi connectivity index (χ1) is 5.34. The second kappa shape index (κ2) is 6.52. The Morgan fingerprint density at radius 2 is 2.00 bits per heavy atom. The number of carbonyl (C=O) groups is 1. The Labute approximate surface area is 83.9 Å². The number of nitrogens with one attached hydrogen (secondary N) is 1. The average molecular weight is 213 g/mol. The van der Waals surface area contributed by atoms with Crippen molar-refractivity contribution in [3.05, 3.63) is 0 Å². The van der Waals surface area contributed by atoms with E-state index in [1.54, 1.807) is 0 Å². The highest BCUT2D eigenvalue weighted by Gasteiger charge is 2.14. The van der Waals surface area contributed by atoms with Crippen LogP contribution in [0.3, 0.4) is 0 Å². The lowest BCUT2D eigenvalue weighted by Gasteiger charge is -2.27. The van der Waals surface area contributed by atoms with Crippen molar-refractivity contribution < 1.29 is 4.79 Å². The quantitative estimate of drug-likeness (QED) is 0.676. The van der Waals surface area contributed by atoms with Crippen LogP contribution in [-0.2, 0) is 4.79 Å². The summed E-state index contributed by atoms with van der Waals surface area (Å²) in [6, 6.07) is 0. The molecule has 0 aromatic carbocycles. The smallest absolute Gasteiger partial charge is 0.223 e. The lowest BCUT2D eigenvalue weighted by Crippen LogP contribution is -2.46. The summed E-state index contributed by atoms with van der Waals surface area (Å²) in [5.74, 6) is 0.615. The van der Waals surface area contributed by atoms with E-state index in [0.29, 0.717) is 12.3 Å². The summed E-state index contributed by atoms with van der Waals surface area (Å²) in [5, 5.41) is 3.18. The van der Waals surface area contributed by atoms with Gasteiger partial charge in [0.1, 0.15) is 0 Å². The van der Waals surface area contributed by atoms with Gasteiger partial charge >= 0.3 is 0 Å². The lowest BCUT2D eigenvalue weighted by molar-refractivity contribution is -0.131. The van der Waals surface area contributed by atoms with Crippen LogP contribution in [0.2, 0.25) is 0 Å². The van der Waals surface area contributed by atoms with Gasteiger partial charge in [0.2, 0.25) is 5.91 Å². The first-order valence-corrected chi connectivity index (χ1v) is 4.42. The normalized spacial score (nSPS) is 16.9. The molecule has 5 heteroatoms. The van der Waals surface area contributed by atoms with Gasteiger partial charge in [-0.05, 0) is 0 Å². The van der Waals surface area contributed by atoms with Crippen LogP contribution in [0.25, 0.3) is 0 Å². The third kappa shape index (κ3) is 3.61. The summed E-state index contributed by atoms with van der Waals surface area (Å²) in [6.07, 6.45) is 0.474. The average Bonchev–Trinajstić information content (AvgIpc) is 2.07. The zero-order valence-electron chi connectivity index (χ0n) is 6.88. The van der Waals surface area contributed by atoms with Gasteiger partial charge in [-0.15, -0.1) is 24.0 Å². The Hall–Kier alpha value is 0.01000. The van der Waals surface area contributed by atoms with Gasteiger partial charge in [0.25, 0.3) is 0 Å². The molecule has 0 atom stereocenters. The van der Waals surface area contributed by atoms with Gasteiger partial charge in [-0.1, -0.05) is 0 Å². The van der Waals surface area contributed by atoms with Crippen molar-refractivity contribution in [1.29, 1.82) is 0 Å². The van der Waals surface area contributed by atoms with E-state index in [0.717, 1.165) is 26.2 Å². The Morgan fingerprint density at radius 1 is 1.42 bits per heavy atom. The molecule has 12 heavy (non-hydrogen) atoms. The van der Waals surface area contributed by atoms with Crippen LogP contribution >= 0.6 is 24.0 Å². The SMILES string of the molecule is Cl.O=C(CCCl)N1CCNCC1. The maximum atomic E-state index is 11.2. The van der Waals surface area contributed by atoms with Crippen molar-refractivity contribution in [1.82, 2.24) is 10.2 Å². The number of rotatable bonds is 2. The number of halogens is 2. The number of hydrogen-bond acceptors (Lipinski definition) is 2. The molecule has 0 spiro atoms. The summed E-state index contributed by atoms with van der Waals surface area (Å²) in [4.78, 5) is 13.1. The maximum absolute atomic E-state index is 11.2. The first-order valence-electron chi connectivity index (χ1n) is 3.89. The fourth-order valence-electron chi connectivity index (χ4n) is 1.15. The molecule has 72 valence electrons. The standard InChI is InChI=1S/C7H13ClN2O.ClH/c8-2-1-7(11)10-5-3-9-4-6-10;/h9H,1-6H2;1H. The molecule has 0 aromatic heterocycles. The van der Waals surface area contributed by atoms with Crippen molar-refractivity contribution in [3.63, 3.8) is 0 Å². The van der Waals surface area contributed by atoms with Crippen molar-refractivity contribution in [2.45, 2.75) is 6.42 Å². The monoisotopic (exact) mass is 212 g/mol. The third-order valence-corrected chi connectivity index (χ3v) is 1.97. The summed E-state index contributed by atoms with van der Waals surface area (Å²) in [6.45, 7) is 3.48. The largest absolute Gasteiger partial charge is 0.340 e. The molecule has 3 nitrogen and oxygen atoms in total. The van der Waals surface area contributed by atoms with Crippen LogP contribution in [0.15, 0.2) is 0 Å². The molecule has 1 heterocycles. The molecule has 0 unspecified atom stereocenters. The summed E-state index contributed by atoms with van der Waals surface area (Å²) < 4.78 is 0. The highest BCUT2D eigenvalue weighted by atomic mass is 35.5.